The molecule has 0 unspecified atom stereocenters. The van der Waals surface area contributed by atoms with Crippen molar-refractivity contribution in [1.82, 2.24) is 5.43 Å². The van der Waals surface area contributed by atoms with Crippen LogP contribution >= 0.6 is 11.3 Å². The summed E-state index contributed by atoms with van der Waals surface area (Å²) in [6.45, 7) is 4.19. The van der Waals surface area contributed by atoms with Crippen LogP contribution in [0.2, 0.25) is 0 Å². The highest BCUT2D eigenvalue weighted by Gasteiger charge is 2.09. The van der Waals surface area contributed by atoms with Gasteiger partial charge in [-0.15, -0.1) is 11.3 Å². The molecule has 0 aliphatic rings. The van der Waals surface area contributed by atoms with Gasteiger partial charge in [-0.05, 0) is 71.3 Å². The van der Waals surface area contributed by atoms with Gasteiger partial charge in [0, 0.05) is 0 Å². The number of thiophene rings is 1. The van der Waals surface area contributed by atoms with Gasteiger partial charge in [0.15, 0.2) is 6.61 Å². The molecule has 1 amide bonds. The Morgan fingerprint density at radius 2 is 1.77 bits per heavy atom. The fourth-order valence-electron chi connectivity index (χ4n) is 2.66. The number of carbonyl (C=O) groups excluding carboxylic acids is 2. The molecule has 0 aliphatic heterocycles. The lowest BCUT2D eigenvalue weighted by Gasteiger charge is -2.10. The molecule has 1 atom stereocenters. The third-order valence-electron chi connectivity index (χ3n) is 4.65. The Balaban J connectivity index is 1.42. The van der Waals surface area contributed by atoms with Crippen LogP contribution in [0.15, 0.2) is 71.1 Å². The Kier molecular flexibility index (Phi) is 7.95. The van der Waals surface area contributed by atoms with Crippen LogP contribution in [0.25, 0.3) is 0 Å². The highest BCUT2D eigenvalue weighted by atomic mass is 32.1. The van der Waals surface area contributed by atoms with Gasteiger partial charge in [0.2, 0.25) is 0 Å². The predicted octanol–water partition coefficient (Wildman–Crippen LogP) is 5.01. The van der Waals surface area contributed by atoms with E-state index in [-0.39, 0.29) is 12.5 Å². The van der Waals surface area contributed by atoms with Crippen LogP contribution in [-0.2, 0) is 4.79 Å². The molecule has 3 aromatic rings. The summed E-state index contributed by atoms with van der Waals surface area (Å²) in [5.74, 6) is 0.821. The second-order valence-corrected chi connectivity index (χ2v) is 7.84. The molecule has 6 nitrogen and oxygen atoms in total. The first kappa shape index (κ1) is 22.2. The summed E-state index contributed by atoms with van der Waals surface area (Å²) in [5.41, 5.74) is 4.42. The lowest BCUT2D eigenvalue weighted by atomic mass is 9.99. The van der Waals surface area contributed by atoms with Crippen molar-refractivity contribution in [3.05, 3.63) is 82.0 Å². The van der Waals surface area contributed by atoms with Crippen molar-refractivity contribution in [2.45, 2.75) is 26.2 Å². The van der Waals surface area contributed by atoms with Gasteiger partial charge in [-0.25, -0.2) is 10.2 Å². The standard InChI is InChI=1S/C24H24N2O4S/c1-3-17(2)19-8-12-20(13-9-19)29-16-23(27)26-25-15-18-6-10-21(11-7-18)30-24(28)22-5-4-14-31-22/h4-15,17H,3,16H2,1-2H3,(H,26,27)/t17-/m1/s1. The number of benzene rings is 2. The van der Waals surface area contributed by atoms with Gasteiger partial charge in [-0.1, -0.05) is 32.0 Å². The Bertz CT molecular complexity index is 1010. The molecule has 1 aromatic heterocycles. The van der Waals surface area contributed by atoms with Crippen molar-refractivity contribution in [3.8, 4) is 11.5 Å². The molecule has 0 spiro atoms. The second-order valence-electron chi connectivity index (χ2n) is 6.90. The molecule has 0 saturated carbocycles. The largest absolute Gasteiger partial charge is 0.484 e. The Morgan fingerprint density at radius 1 is 1.06 bits per heavy atom. The van der Waals surface area contributed by atoms with Gasteiger partial charge in [0.05, 0.1) is 6.21 Å². The normalized spacial score (nSPS) is 11.8. The lowest BCUT2D eigenvalue weighted by Crippen LogP contribution is -2.24. The number of hydrogen-bond acceptors (Lipinski definition) is 6. The van der Waals surface area contributed by atoms with Crippen LogP contribution < -0.4 is 14.9 Å². The van der Waals surface area contributed by atoms with E-state index in [2.05, 4.69) is 24.4 Å². The third kappa shape index (κ3) is 6.79. The average molecular weight is 437 g/mol. The monoisotopic (exact) mass is 436 g/mol. The van der Waals surface area contributed by atoms with E-state index in [1.807, 2.05) is 29.6 Å². The SMILES string of the molecule is CC[C@@H](C)c1ccc(OCC(=O)NN=Cc2ccc(OC(=O)c3cccs3)cc2)cc1. The fourth-order valence-corrected chi connectivity index (χ4v) is 3.26. The molecule has 2 aromatic carbocycles. The minimum absolute atomic E-state index is 0.127. The maximum absolute atomic E-state index is 11.9. The summed E-state index contributed by atoms with van der Waals surface area (Å²) in [7, 11) is 0. The van der Waals surface area contributed by atoms with Crippen molar-refractivity contribution >= 4 is 29.4 Å². The summed E-state index contributed by atoms with van der Waals surface area (Å²) in [4.78, 5) is 24.4. The van der Waals surface area contributed by atoms with Crippen LogP contribution in [0.1, 0.15) is 47.0 Å². The molecule has 0 radical (unpaired) electrons. The van der Waals surface area contributed by atoms with Gasteiger partial charge >= 0.3 is 5.97 Å². The van der Waals surface area contributed by atoms with Crippen molar-refractivity contribution in [1.29, 1.82) is 0 Å². The number of esters is 1. The summed E-state index contributed by atoms with van der Waals surface area (Å²) in [6, 6.07) is 18.1. The van der Waals surface area contributed by atoms with Gasteiger partial charge in [0.1, 0.15) is 16.4 Å². The first-order valence-electron chi connectivity index (χ1n) is 9.95. The highest BCUT2D eigenvalue weighted by molar-refractivity contribution is 7.12. The molecule has 0 bridgehead atoms. The van der Waals surface area contributed by atoms with E-state index in [1.165, 1.54) is 23.1 Å². The van der Waals surface area contributed by atoms with Crippen LogP contribution in [0.4, 0.5) is 0 Å². The summed E-state index contributed by atoms with van der Waals surface area (Å²) in [5, 5.41) is 5.74. The van der Waals surface area contributed by atoms with E-state index in [0.29, 0.717) is 22.3 Å². The second kappa shape index (κ2) is 11.1. The minimum Gasteiger partial charge on any atom is -0.484 e. The summed E-state index contributed by atoms with van der Waals surface area (Å²) in [6.07, 6.45) is 2.58. The number of nitrogens with one attached hydrogen (secondary N) is 1. The number of hydrogen-bond donors (Lipinski definition) is 1. The van der Waals surface area contributed by atoms with Gasteiger partial charge in [0.25, 0.3) is 5.91 Å². The maximum Gasteiger partial charge on any atom is 0.353 e. The summed E-state index contributed by atoms with van der Waals surface area (Å²) < 4.78 is 10.8. The van der Waals surface area contributed by atoms with Crippen LogP contribution in [0.5, 0.6) is 11.5 Å². The van der Waals surface area contributed by atoms with E-state index < -0.39 is 5.97 Å². The first-order chi connectivity index (χ1) is 15.0. The third-order valence-corrected chi connectivity index (χ3v) is 5.50. The molecular formula is C24H24N2O4S. The molecule has 3 rings (SSSR count). The van der Waals surface area contributed by atoms with Crippen molar-refractivity contribution in [2.24, 2.45) is 5.10 Å². The fraction of sp³-hybridized carbons (Fsp3) is 0.208. The van der Waals surface area contributed by atoms with Crippen molar-refractivity contribution < 1.29 is 19.1 Å². The van der Waals surface area contributed by atoms with Gasteiger partial charge in [-0.3, -0.25) is 4.79 Å². The number of rotatable bonds is 9. The Hall–Kier alpha value is -3.45. The van der Waals surface area contributed by atoms with E-state index in [0.717, 1.165) is 12.0 Å². The van der Waals surface area contributed by atoms with E-state index >= 15 is 0 Å². The van der Waals surface area contributed by atoms with Crippen molar-refractivity contribution in [3.63, 3.8) is 0 Å². The zero-order chi connectivity index (χ0) is 22.1. The Morgan fingerprint density at radius 3 is 2.42 bits per heavy atom. The van der Waals surface area contributed by atoms with Crippen LogP contribution in [-0.4, -0.2) is 24.7 Å². The predicted molar refractivity (Wildman–Crippen MR) is 122 cm³/mol. The highest BCUT2D eigenvalue weighted by Crippen LogP contribution is 2.21. The number of ether oxygens (including phenoxy) is 2. The average Bonchev–Trinajstić information content (AvgIpc) is 3.34. The molecule has 7 heteroatoms. The number of amides is 1. The summed E-state index contributed by atoms with van der Waals surface area (Å²) >= 11 is 1.33. The lowest BCUT2D eigenvalue weighted by molar-refractivity contribution is -0.123. The van der Waals surface area contributed by atoms with Crippen molar-refractivity contribution in [2.75, 3.05) is 6.61 Å². The smallest absolute Gasteiger partial charge is 0.353 e. The number of carbonyl (C=O) groups is 2. The molecular weight excluding hydrogens is 412 g/mol. The van der Waals surface area contributed by atoms with E-state index in [4.69, 9.17) is 9.47 Å². The zero-order valence-corrected chi connectivity index (χ0v) is 18.2. The number of hydrazone groups is 1. The Labute approximate surface area is 185 Å². The van der Waals surface area contributed by atoms with Gasteiger partial charge in [-0.2, -0.15) is 5.10 Å². The molecule has 1 N–H and O–H groups in total. The minimum atomic E-state index is -0.391. The van der Waals surface area contributed by atoms with E-state index in [9.17, 15) is 9.59 Å². The molecule has 0 aliphatic carbocycles. The maximum atomic E-state index is 11.9. The van der Waals surface area contributed by atoms with E-state index in [1.54, 1.807) is 36.4 Å². The quantitative estimate of drug-likeness (QED) is 0.221. The molecule has 160 valence electrons. The van der Waals surface area contributed by atoms with Crippen LogP contribution in [0.3, 0.4) is 0 Å². The molecule has 0 saturated heterocycles. The van der Waals surface area contributed by atoms with Crippen LogP contribution in [0, 0.1) is 0 Å². The zero-order valence-electron chi connectivity index (χ0n) is 17.4. The molecule has 0 fully saturated rings. The molecule has 1 heterocycles. The molecule has 31 heavy (non-hydrogen) atoms. The first-order valence-corrected chi connectivity index (χ1v) is 10.8. The van der Waals surface area contributed by atoms with Gasteiger partial charge < -0.3 is 9.47 Å². The topological polar surface area (TPSA) is 77.0 Å². The number of nitrogens with zero attached hydrogens (tertiary/aromatic N) is 1.